The summed E-state index contributed by atoms with van der Waals surface area (Å²) in [6, 6.07) is 0. The van der Waals surface area contributed by atoms with Gasteiger partial charge in [-0.05, 0) is 13.5 Å². The molecule has 0 aromatic carbocycles. The Morgan fingerprint density at radius 2 is 0.468 bits per heavy atom. The lowest BCUT2D eigenvalue weighted by Crippen LogP contribution is -2.17. The zero-order chi connectivity index (χ0) is 33.8. The van der Waals surface area contributed by atoms with E-state index in [-0.39, 0.29) is 0 Å². The molecule has 47 heavy (non-hydrogen) atoms. The largest absolute Gasteiger partial charge is 0.379 e. The molecule has 0 amide bonds. The minimum absolute atomic E-state index is 0.515. The van der Waals surface area contributed by atoms with Gasteiger partial charge in [-0.25, -0.2) is 0 Å². The van der Waals surface area contributed by atoms with Crippen molar-refractivity contribution in [3.63, 3.8) is 0 Å². The van der Waals surface area contributed by atoms with Crippen molar-refractivity contribution in [2.24, 2.45) is 0 Å². The molecule has 0 saturated carbocycles. The number of hydrogen-bond acceptors (Lipinski definition) is 14. The topological polar surface area (TPSA) is 132 Å². The summed E-state index contributed by atoms with van der Waals surface area (Å²) in [7, 11) is 1.90. The molecule has 0 rings (SSSR count). The molecule has 14 heteroatoms. The Bertz CT molecular complexity index is 497. The van der Waals surface area contributed by atoms with Crippen molar-refractivity contribution in [1.82, 2.24) is 5.32 Å². The number of hydrogen-bond donors (Lipinski definition) is 1. The monoisotopic (exact) mass is 687 g/mol. The highest BCUT2D eigenvalue weighted by molar-refractivity contribution is 4.41. The van der Waals surface area contributed by atoms with Crippen LogP contribution in [0, 0.1) is 0 Å². The van der Waals surface area contributed by atoms with Crippen LogP contribution in [-0.4, -0.2) is 185 Å². The molecule has 0 unspecified atom stereocenters. The van der Waals surface area contributed by atoms with Crippen LogP contribution in [-0.2, 0) is 61.6 Å². The molecule has 0 aliphatic heterocycles. The Morgan fingerprint density at radius 1 is 0.255 bits per heavy atom. The molecule has 14 nitrogen and oxygen atoms in total. The molecule has 0 aliphatic carbocycles. The minimum atomic E-state index is 0.515. The van der Waals surface area contributed by atoms with E-state index in [1.807, 2.05) is 7.05 Å². The fraction of sp³-hybridized carbons (Fsp3) is 1.00. The SMILES string of the molecule is CCCCCCOCCOCCOCCOCCOCCOCCOCCOCCOCCOCCOCCOCCOCCNC. The van der Waals surface area contributed by atoms with Crippen LogP contribution >= 0.6 is 0 Å². The lowest BCUT2D eigenvalue weighted by atomic mass is 10.2. The Labute approximate surface area is 284 Å². The van der Waals surface area contributed by atoms with E-state index < -0.39 is 0 Å². The van der Waals surface area contributed by atoms with Crippen LogP contribution in [0.4, 0.5) is 0 Å². The third-order valence-electron chi connectivity index (χ3n) is 6.10. The molecule has 0 fully saturated rings. The predicted octanol–water partition coefficient (Wildman–Crippen LogP) is 2.00. The summed E-state index contributed by atoms with van der Waals surface area (Å²) >= 11 is 0. The van der Waals surface area contributed by atoms with Gasteiger partial charge in [-0.15, -0.1) is 0 Å². The summed E-state index contributed by atoms with van der Waals surface area (Å²) in [5.74, 6) is 0. The summed E-state index contributed by atoms with van der Waals surface area (Å²) in [5.41, 5.74) is 0. The number of ether oxygens (including phenoxy) is 13. The maximum Gasteiger partial charge on any atom is 0.0701 e. The minimum Gasteiger partial charge on any atom is -0.379 e. The van der Waals surface area contributed by atoms with Crippen LogP contribution in [0.2, 0.25) is 0 Å². The van der Waals surface area contributed by atoms with Gasteiger partial charge in [0.15, 0.2) is 0 Å². The third-order valence-corrected chi connectivity index (χ3v) is 6.10. The fourth-order valence-corrected chi connectivity index (χ4v) is 3.55. The lowest BCUT2D eigenvalue weighted by Gasteiger charge is -2.09. The van der Waals surface area contributed by atoms with E-state index >= 15 is 0 Å². The van der Waals surface area contributed by atoms with Crippen LogP contribution in [0.3, 0.4) is 0 Å². The Balaban J connectivity index is 3.03. The first kappa shape index (κ1) is 46.4. The van der Waals surface area contributed by atoms with Crippen LogP contribution in [0.15, 0.2) is 0 Å². The van der Waals surface area contributed by atoms with Crippen molar-refractivity contribution < 1.29 is 61.6 Å². The van der Waals surface area contributed by atoms with Crippen LogP contribution in [0.5, 0.6) is 0 Å². The Morgan fingerprint density at radius 3 is 0.681 bits per heavy atom. The van der Waals surface area contributed by atoms with Gasteiger partial charge in [-0.3, -0.25) is 0 Å². The van der Waals surface area contributed by atoms with E-state index in [0.717, 1.165) is 19.6 Å². The first-order chi connectivity index (χ1) is 23.4. The number of likely N-dealkylation sites (N-methyl/N-ethyl adjacent to an activating group) is 1. The van der Waals surface area contributed by atoms with Gasteiger partial charge in [0.2, 0.25) is 0 Å². The average Bonchev–Trinajstić information content (AvgIpc) is 3.08. The van der Waals surface area contributed by atoms with Crippen LogP contribution < -0.4 is 5.32 Å². The van der Waals surface area contributed by atoms with E-state index in [1.54, 1.807) is 0 Å². The smallest absolute Gasteiger partial charge is 0.0701 e. The second kappa shape index (κ2) is 45.4. The van der Waals surface area contributed by atoms with E-state index in [2.05, 4.69) is 12.2 Å². The summed E-state index contributed by atoms with van der Waals surface area (Å²) < 4.78 is 71.1. The Hall–Kier alpha value is -0.560. The molecule has 0 heterocycles. The maximum absolute atomic E-state index is 5.53. The molecule has 0 aliphatic rings. The summed E-state index contributed by atoms with van der Waals surface area (Å²) in [6.45, 7) is 17.6. The first-order valence-corrected chi connectivity index (χ1v) is 17.6. The average molecular weight is 688 g/mol. The molecular weight excluding hydrogens is 618 g/mol. The van der Waals surface area contributed by atoms with Gasteiger partial charge in [0.25, 0.3) is 0 Å². The number of nitrogens with one attached hydrogen (secondary N) is 1. The van der Waals surface area contributed by atoms with Gasteiger partial charge in [-0.1, -0.05) is 26.2 Å². The van der Waals surface area contributed by atoms with Crippen molar-refractivity contribution in [3.8, 4) is 0 Å². The molecule has 1 N–H and O–H groups in total. The zero-order valence-electron chi connectivity index (χ0n) is 29.7. The van der Waals surface area contributed by atoms with Gasteiger partial charge in [0.1, 0.15) is 0 Å². The van der Waals surface area contributed by atoms with Gasteiger partial charge >= 0.3 is 0 Å². The highest BCUT2D eigenvalue weighted by atomic mass is 16.6. The molecule has 0 bridgehead atoms. The van der Waals surface area contributed by atoms with Crippen molar-refractivity contribution in [2.45, 2.75) is 32.6 Å². The highest BCUT2D eigenvalue weighted by Crippen LogP contribution is 1.98. The van der Waals surface area contributed by atoms with E-state index in [9.17, 15) is 0 Å². The van der Waals surface area contributed by atoms with Gasteiger partial charge < -0.3 is 66.9 Å². The molecule has 284 valence electrons. The third kappa shape index (κ3) is 45.4. The first-order valence-electron chi connectivity index (χ1n) is 17.6. The second-order valence-electron chi connectivity index (χ2n) is 10.1. The van der Waals surface area contributed by atoms with Gasteiger partial charge in [-0.2, -0.15) is 0 Å². The lowest BCUT2D eigenvalue weighted by molar-refractivity contribution is -0.0290. The predicted molar refractivity (Wildman–Crippen MR) is 179 cm³/mol. The number of unbranched alkanes of at least 4 members (excludes halogenated alkanes) is 3. The fourth-order valence-electron chi connectivity index (χ4n) is 3.55. The van der Waals surface area contributed by atoms with Crippen molar-refractivity contribution in [2.75, 3.05) is 185 Å². The molecule has 0 aromatic heterocycles. The van der Waals surface area contributed by atoms with Crippen molar-refractivity contribution >= 4 is 0 Å². The van der Waals surface area contributed by atoms with Gasteiger partial charge in [0.05, 0.1) is 165 Å². The van der Waals surface area contributed by atoms with Gasteiger partial charge in [0, 0.05) is 13.2 Å². The molecule has 0 saturated heterocycles. The molecule has 0 spiro atoms. The zero-order valence-corrected chi connectivity index (χ0v) is 29.7. The molecule has 0 radical (unpaired) electrons. The summed E-state index contributed by atoms with van der Waals surface area (Å²) in [6.07, 6.45) is 4.90. The Kier molecular flexibility index (Phi) is 44.9. The van der Waals surface area contributed by atoms with Crippen molar-refractivity contribution in [3.05, 3.63) is 0 Å². The molecule has 0 atom stereocenters. The van der Waals surface area contributed by atoms with E-state index in [0.29, 0.717) is 165 Å². The van der Waals surface area contributed by atoms with E-state index in [4.69, 9.17) is 61.6 Å². The van der Waals surface area contributed by atoms with Crippen molar-refractivity contribution in [1.29, 1.82) is 0 Å². The number of rotatable bonds is 44. The summed E-state index contributed by atoms with van der Waals surface area (Å²) in [4.78, 5) is 0. The normalized spacial score (nSPS) is 11.6. The van der Waals surface area contributed by atoms with E-state index in [1.165, 1.54) is 19.3 Å². The standard InChI is InChI=1S/C33H69NO13/c1-3-4-5-6-8-35-10-12-37-14-16-39-18-20-41-22-24-43-26-28-45-30-32-47-33-31-46-29-27-44-25-23-42-21-19-40-17-15-38-13-11-36-9-7-34-2/h34H,3-33H2,1-2H3. The molecule has 0 aromatic rings. The highest BCUT2D eigenvalue weighted by Gasteiger charge is 1.97. The van der Waals surface area contributed by atoms with Crippen LogP contribution in [0.25, 0.3) is 0 Å². The quantitative estimate of drug-likeness (QED) is 0.0937. The summed E-state index contributed by atoms with van der Waals surface area (Å²) in [5, 5.41) is 3.02. The van der Waals surface area contributed by atoms with Crippen LogP contribution in [0.1, 0.15) is 32.6 Å². The molecular formula is C33H69NO13. The second-order valence-corrected chi connectivity index (χ2v) is 10.1. The maximum atomic E-state index is 5.53.